The third-order valence-corrected chi connectivity index (χ3v) is 3.66. The Morgan fingerprint density at radius 1 is 1.39 bits per heavy atom. The monoisotopic (exact) mass is 259 g/mol. The zero-order valence-electron chi connectivity index (χ0n) is 10.5. The van der Waals surface area contributed by atoms with E-state index in [4.69, 9.17) is 5.73 Å². The average Bonchev–Trinajstić information content (AvgIpc) is 2.30. The molecule has 18 heavy (non-hydrogen) atoms. The molecule has 0 aromatic rings. The lowest BCUT2D eigenvalue weighted by molar-refractivity contribution is -0.122. The first-order valence-corrected chi connectivity index (χ1v) is 6.35. The molecule has 0 saturated carbocycles. The van der Waals surface area contributed by atoms with Crippen molar-refractivity contribution >= 4 is 5.91 Å². The third kappa shape index (κ3) is 6.36. The lowest BCUT2D eigenvalue weighted by atomic mass is 10.00. The molecule has 0 bridgehead atoms. The van der Waals surface area contributed by atoms with E-state index in [9.17, 15) is 4.79 Å². The number of nitrogens with two attached hydrogens (primary N) is 1. The van der Waals surface area contributed by atoms with Gasteiger partial charge in [-0.3, -0.25) is 4.79 Å². The molecule has 110 valence electrons. The van der Waals surface area contributed by atoms with E-state index in [0.717, 1.165) is 32.5 Å². The number of piperidine rings is 1. The van der Waals surface area contributed by atoms with Crippen LogP contribution in [0.3, 0.4) is 0 Å². The second-order valence-electron chi connectivity index (χ2n) is 4.76. The molecule has 0 aromatic carbocycles. The second-order valence-corrected chi connectivity index (χ2v) is 4.76. The minimum atomic E-state index is -0.152. The predicted molar refractivity (Wildman–Crippen MR) is 79.6 cm³/mol. The van der Waals surface area contributed by atoms with Gasteiger partial charge in [-0.05, 0) is 52.4 Å². The zero-order chi connectivity index (χ0) is 12.0. The lowest BCUT2D eigenvalue weighted by Gasteiger charge is -2.32. The highest BCUT2D eigenvalue weighted by Gasteiger charge is 2.19. The fourth-order valence-electron chi connectivity index (χ4n) is 2.34. The van der Waals surface area contributed by atoms with Crippen molar-refractivity contribution in [3.63, 3.8) is 0 Å². The molecule has 3 N–H and O–H groups in total. The van der Waals surface area contributed by atoms with E-state index < -0.39 is 0 Å². The van der Waals surface area contributed by atoms with E-state index >= 15 is 0 Å². The number of rotatable bonds is 6. The van der Waals surface area contributed by atoms with Gasteiger partial charge in [0.05, 0.1) is 0 Å². The number of amides is 1. The molecule has 0 aromatic heterocycles. The lowest BCUT2D eigenvalue weighted by Crippen LogP contribution is -2.42. The first kappa shape index (κ1) is 19.7. The first-order chi connectivity index (χ1) is 7.65. The summed E-state index contributed by atoms with van der Waals surface area (Å²) >= 11 is 0. The Hall–Kier alpha value is -0.610. The van der Waals surface area contributed by atoms with Gasteiger partial charge in [-0.2, -0.15) is 0 Å². The smallest absolute Gasteiger partial charge is 0.220 e. The van der Waals surface area contributed by atoms with Crippen LogP contribution in [0.25, 0.3) is 0 Å². The van der Waals surface area contributed by atoms with Crippen molar-refractivity contribution in [3.05, 3.63) is 0 Å². The Labute approximate surface area is 113 Å². The summed E-state index contributed by atoms with van der Waals surface area (Å²) in [5.74, 6) is -0.106. The number of hydrogen-bond acceptors (Lipinski definition) is 3. The van der Waals surface area contributed by atoms with Crippen LogP contribution in [0.15, 0.2) is 0 Å². The molecule has 1 aliphatic rings. The van der Waals surface area contributed by atoms with Crippen molar-refractivity contribution in [1.82, 2.24) is 10.2 Å². The van der Waals surface area contributed by atoms with E-state index in [1.807, 2.05) is 6.92 Å². The van der Waals surface area contributed by atoms with Gasteiger partial charge in [-0.1, -0.05) is 21.8 Å². The van der Waals surface area contributed by atoms with E-state index in [2.05, 4.69) is 17.3 Å². The summed E-state index contributed by atoms with van der Waals surface area (Å²) in [6.45, 7) is 5.23. The second kappa shape index (κ2) is 10.3. The molecular weight excluding hydrogens is 226 g/mol. The van der Waals surface area contributed by atoms with Crippen molar-refractivity contribution < 1.29 is 4.79 Å². The molecule has 1 heterocycles. The van der Waals surface area contributed by atoms with Crippen LogP contribution in [-0.2, 0) is 4.79 Å². The van der Waals surface area contributed by atoms with E-state index in [1.54, 1.807) is 0 Å². The van der Waals surface area contributed by atoms with Gasteiger partial charge in [0.2, 0.25) is 5.91 Å². The summed E-state index contributed by atoms with van der Waals surface area (Å²) < 4.78 is 0. The maximum Gasteiger partial charge on any atom is 0.220 e. The highest BCUT2D eigenvalue weighted by Crippen LogP contribution is 2.13. The summed E-state index contributed by atoms with van der Waals surface area (Å²) in [4.78, 5) is 13.5. The van der Waals surface area contributed by atoms with Gasteiger partial charge in [-0.25, -0.2) is 0 Å². The van der Waals surface area contributed by atoms with Crippen LogP contribution in [0.1, 0.15) is 47.5 Å². The van der Waals surface area contributed by atoms with Gasteiger partial charge >= 0.3 is 0 Å². The molecule has 0 spiro atoms. The average molecular weight is 259 g/mol. The van der Waals surface area contributed by atoms with Crippen LogP contribution in [0.4, 0.5) is 0 Å². The van der Waals surface area contributed by atoms with Gasteiger partial charge in [0.15, 0.2) is 0 Å². The molecule has 1 unspecified atom stereocenters. The summed E-state index contributed by atoms with van der Waals surface area (Å²) in [5.41, 5.74) is 5.34. The fourth-order valence-corrected chi connectivity index (χ4v) is 2.34. The Morgan fingerprint density at radius 3 is 2.39 bits per heavy atom. The van der Waals surface area contributed by atoms with E-state index in [-0.39, 0.29) is 26.7 Å². The topological polar surface area (TPSA) is 58.4 Å². The molecule has 1 rings (SSSR count). The first-order valence-electron chi connectivity index (χ1n) is 6.35. The maximum atomic E-state index is 11.1. The number of nitrogens with one attached hydrogen (secondary N) is 1. The Balaban J connectivity index is 0. The van der Waals surface area contributed by atoms with Crippen LogP contribution >= 0.6 is 0 Å². The number of carbonyl (C=O) groups excluding carboxylic acids is 1. The summed E-state index contributed by atoms with van der Waals surface area (Å²) in [6, 6.07) is 0.673. The van der Waals surface area contributed by atoms with E-state index in [0.29, 0.717) is 6.04 Å². The zero-order valence-corrected chi connectivity index (χ0v) is 10.5. The standard InChI is InChI=1S/C12H25N3O.2CH4/c1-3-10(12(13)16)6-9-15(2)11-4-7-14-8-5-11;;/h10-11,14H,3-9H2,1-2H3,(H2,13,16);2*1H4. The van der Waals surface area contributed by atoms with Crippen molar-refractivity contribution in [1.29, 1.82) is 0 Å². The van der Waals surface area contributed by atoms with Crippen LogP contribution in [0, 0.1) is 5.92 Å². The van der Waals surface area contributed by atoms with Gasteiger partial charge in [0, 0.05) is 12.0 Å². The SMILES string of the molecule is C.C.CCC(CCN(C)C1CCNCC1)C(N)=O. The third-order valence-electron chi connectivity index (χ3n) is 3.66. The van der Waals surface area contributed by atoms with E-state index in [1.165, 1.54) is 12.8 Å². The molecule has 4 nitrogen and oxygen atoms in total. The number of nitrogens with zero attached hydrogens (tertiary/aromatic N) is 1. The minimum Gasteiger partial charge on any atom is -0.369 e. The van der Waals surface area contributed by atoms with Gasteiger partial charge < -0.3 is 16.0 Å². The number of carbonyl (C=O) groups is 1. The molecule has 0 radical (unpaired) electrons. The molecule has 1 aliphatic heterocycles. The normalized spacial score (nSPS) is 17.7. The van der Waals surface area contributed by atoms with Crippen molar-refractivity contribution in [2.24, 2.45) is 11.7 Å². The molecule has 1 amide bonds. The largest absolute Gasteiger partial charge is 0.369 e. The van der Waals surface area contributed by atoms with Gasteiger partial charge in [-0.15, -0.1) is 0 Å². The molecule has 1 atom stereocenters. The summed E-state index contributed by atoms with van der Waals surface area (Å²) in [6.07, 6.45) is 4.18. The van der Waals surface area contributed by atoms with Gasteiger partial charge in [0.25, 0.3) is 0 Å². The molecule has 1 saturated heterocycles. The number of primary amides is 1. The molecule has 4 heteroatoms. The maximum absolute atomic E-state index is 11.1. The fraction of sp³-hybridized carbons (Fsp3) is 0.929. The Kier molecular flexibility index (Phi) is 11.3. The molecular formula is C14H33N3O. The molecule has 1 fully saturated rings. The highest BCUT2D eigenvalue weighted by molar-refractivity contribution is 5.76. The Bertz CT molecular complexity index is 215. The van der Waals surface area contributed by atoms with Crippen molar-refractivity contribution in [3.8, 4) is 0 Å². The summed E-state index contributed by atoms with van der Waals surface area (Å²) in [7, 11) is 2.16. The van der Waals surface area contributed by atoms with Crippen LogP contribution in [0.5, 0.6) is 0 Å². The van der Waals surface area contributed by atoms with Crippen LogP contribution < -0.4 is 11.1 Å². The van der Waals surface area contributed by atoms with Crippen LogP contribution in [-0.4, -0.2) is 43.5 Å². The van der Waals surface area contributed by atoms with Crippen molar-refractivity contribution in [2.45, 2.75) is 53.5 Å². The predicted octanol–water partition coefficient (Wildman–Crippen LogP) is 1.84. The number of hydrogen-bond donors (Lipinski definition) is 2. The van der Waals surface area contributed by atoms with Crippen LogP contribution in [0.2, 0.25) is 0 Å². The minimum absolute atomic E-state index is 0. The van der Waals surface area contributed by atoms with Crippen molar-refractivity contribution in [2.75, 3.05) is 26.7 Å². The highest BCUT2D eigenvalue weighted by atomic mass is 16.1. The quantitative estimate of drug-likeness (QED) is 0.765. The van der Waals surface area contributed by atoms with Gasteiger partial charge in [0.1, 0.15) is 0 Å². The molecule has 0 aliphatic carbocycles. The summed E-state index contributed by atoms with van der Waals surface area (Å²) in [5, 5.41) is 3.36. The Morgan fingerprint density at radius 2 is 1.94 bits per heavy atom.